The van der Waals surface area contributed by atoms with E-state index in [0.29, 0.717) is 0 Å². The van der Waals surface area contributed by atoms with E-state index in [1.807, 2.05) is 13.8 Å². The minimum atomic E-state index is 0.837. The van der Waals surface area contributed by atoms with Crippen molar-refractivity contribution in [3.8, 4) is 0 Å². The Morgan fingerprint density at radius 2 is 1.69 bits per heavy atom. The van der Waals surface area contributed by atoms with Crippen molar-refractivity contribution in [2.45, 2.75) is 53.5 Å². The van der Waals surface area contributed by atoms with E-state index in [9.17, 15) is 0 Å². The van der Waals surface area contributed by atoms with Crippen LogP contribution in [-0.2, 0) is 0 Å². The van der Waals surface area contributed by atoms with Crippen LogP contribution in [0, 0.1) is 20.8 Å². The van der Waals surface area contributed by atoms with E-state index in [4.69, 9.17) is 0 Å². The highest BCUT2D eigenvalue weighted by atomic mass is 15.1. The molecule has 1 saturated carbocycles. The lowest BCUT2D eigenvalue weighted by atomic mass is 10.3. The van der Waals surface area contributed by atoms with E-state index in [-0.39, 0.29) is 0 Å². The molecule has 0 aromatic carbocycles. The lowest BCUT2D eigenvalue weighted by Crippen LogP contribution is -1.98. The standard InChI is InChI=1S/C10H15N.C2H6/c1-7-6-8(2)11(9(7)3)10-4-5-10;1-2/h6,10H,4-5H2,1-3H3;1-2H3. The van der Waals surface area contributed by atoms with Crippen LogP contribution in [0.15, 0.2) is 6.07 Å². The molecule has 0 bridgehead atoms. The van der Waals surface area contributed by atoms with Crippen LogP contribution < -0.4 is 0 Å². The monoisotopic (exact) mass is 179 g/mol. The maximum atomic E-state index is 2.48. The Balaban J connectivity index is 0.000000396. The summed E-state index contributed by atoms with van der Waals surface area (Å²) < 4.78 is 2.48. The molecule has 1 aliphatic carbocycles. The van der Waals surface area contributed by atoms with Crippen LogP contribution >= 0.6 is 0 Å². The maximum absolute atomic E-state index is 2.48. The average molecular weight is 179 g/mol. The second-order valence-electron chi connectivity index (χ2n) is 3.66. The van der Waals surface area contributed by atoms with Crippen molar-refractivity contribution in [2.75, 3.05) is 0 Å². The Bertz CT molecular complexity index is 280. The van der Waals surface area contributed by atoms with E-state index < -0.39 is 0 Å². The molecule has 0 aliphatic heterocycles. The van der Waals surface area contributed by atoms with Gasteiger partial charge in [-0.3, -0.25) is 0 Å². The van der Waals surface area contributed by atoms with Crippen molar-refractivity contribution in [1.82, 2.24) is 4.57 Å². The molecule has 1 fully saturated rings. The fourth-order valence-electron chi connectivity index (χ4n) is 1.84. The second kappa shape index (κ2) is 3.99. The van der Waals surface area contributed by atoms with Gasteiger partial charge in [-0.15, -0.1) is 0 Å². The summed E-state index contributed by atoms with van der Waals surface area (Å²) in [5, 5.41) is 0. The summed E-state index contributed by atoms with van der Waals surface area (Å²) >= 11 is 0. The van der Waals surface area contributed by atoms with Crippen LogP contribution in [0.3, 0.4) is 0 Å². The van der Waals surface area contributed by atoms with E-state index in [1.54, 1.807) is 0 Å². The van der Waals surface area contributed by atoms with Gasteiger partial charge in [-0.05, 0) is 45.2 Å². The van der Waals surface area contributed by atoms with Gasteiger partial charge in [0.25, 0.3) is 0 Å². The highest BCUT2D eigenvalue weighted by molar-refractivity contribution is 5.26. The van der Waals surface area contributed by atoms with Crippen LogP contribution in [-0.4, -0.2) is 4.57 Å². The molecule has 0 spiro atoms. The molecule has 1 heteroatoms. The fraction of sp³-hybridized carbons (Fsp3) is 0.667. The Morgan fingerprint density at radius 3 is 2.00 bits per heavy atom. The first-order chi connectivity index (χ1) is 6.20. The number of aromatic nitrogens is 1. The molecule has 0 saturated heterocycles. The molecule has 1 aromatic heterocycles. The molecule has 74 valence electrons. The van der Waals surface area contributed by atoms with Gasteiger partial charge in [0.15, 0.2) is 0 Å². The quantitative estimate of drug-likeness (QED) is 0.618. The van der Waals surface area contributed by atoms with Gasteiger partial charge >= 0.3 is 0 Å². The summed E-state index contributed by atoms with van der Waals surface area (Å²) in [6, 6.07) is 3.12. The number of rotatable bonds is 1. The predicted octanol–water partition coefficient (Wildman–Crippen LogP) is 3.77. The molecule has 13 heavy (non-hydrogen) atoms. The summed E-state index contributed by atoms with van der Waals surface area (Å²) in [6.45, 7) is 10.6. The molecule has 1 aromatic rings. The number of nitrogens with zero attached hydrogens (tertiary/aromatic N) is 1. The number of aryl methyl sites for hydroxylation is 2. The van der Waals surface area contributed by atoms with Crippen LogP contribution in [0.4, 0.5) is 0 Å². The zero-order valence-corrected chi connectivity index (χ0v) is 9.52. The van der Waals surface area contributed by atoms with Gasteiger partial charge < -0.3 is 4.57 Å². The minimum Gasteiger partial charge on any atom is -0.346 e. The molecule has 2 rings (SSSR count). The number of hydrogen-bond donors (Lipinski definition) is 0. The third-order valence-electron chi connectivity index (χ3n) is 2.65. The largest absolute Gasteiger partial charge is 0.346 e. The van der Waals surface area contributed by atoms with Gasteiger partial charge in [-0.1, -0.05) is 13.8 Å². The van der Waals surface area contributed by atoms with Crippen molar-refractivity contribution in [1.29, 1.82) is 0 Å². The highest BCUT2D eigenvalue weighted by Gasteiger charge is 2.25. The zero-order valence-electron chi connectivity index (χ0n) is 9.52. The van der Waals surface area contributed by atoms with E-state index in [0.717, 1.165) is 6.04 Å². The third-order valence-corrected chi connectivity index (χ3v) is 2.65. The van der Waals surface area contributed by atoms with E-state index >= 15 is 0 Å². The van der Waals surface area contributed by atoms with Crippen molar-refractivity contribution in [3.05, 3.63) is 23.0 Å². The van der Waals surface area contributed by atoms with Gasteiger partial charge in [0.1, 0.15) is 0 Å². The van der Waals surface area contributed by atoms with Crippen LogP contribution in [0.5, 0.6) is 0 Å². The first-order valence-corrected chi connectivity index (χ1v) is 5.35. The summed E-state index contributed by atoms with van der Waals surface area (Å²) in [4.78, 5) is 0. The SMILES string of the molecule is CC.Cc1cc(C)n(C2CC2)c1C. The minimum absolute atomic E-state index is 0.837. The Labute approximate surface area is 81.8 Å². The topological polar surface area (TPSA) is 4.93 Å². The lowest BCUT2D eigenvalue weighted by molar-refractivity contribution is 0.697. The van der Waals surface area contributed by atoms with Crippen molar-refractivity contribution < 1.29 is 0 Å². The van der Waals surface area contributed by atoms with Gasteiger partial charge in [0, 0.05) is 17.4 Å². The first kappa shape index (κ1) is 10.4. The Hall–Kier alpha value is -0.720. The van der Waals surface area contributed by atoms with Gasteiger partial charge in [0.2, 0.25) is 0 Å². The molecule has 0 unspecified atom stereocenters. The average Bonchev–Trinajstić information content (AvgIpc) is 2.88. The van der Waals surface area contributed by atoms with Gasteiger partial charge in [0.05, 0.1) is 0 Å². The summed E-state index contributed by atoms with van der Waals surface area (Å²) in [7, 11) is 0. The van der Waals surface area contributed by atoms with Crippen molar-refractivity contribution >= 4 is 0 Å². The Morgan fingerprint density at radius 1 is 1.15 bits per heavy atom. The summed E-state index contributed by atoms with van der Waals surface area (Å²) in [5.41, 5.74) is 4.34. The molecular formula is C12H21N. The van der Waals surface area contributed by atoms with Crippen molar-refractivity contribution in [3.63, 3.8) is 0 Å². The molecule has 0 atom stereocenters. The van der Waals surface area contributed by atoms with Gasteiger partial charge in [-0.25, -0.2) is 0 Å². The van der Waals surface area contributed by atoms with E-state index in [1.165, 1.54) is 29.8 Å². The first-order valence-electron chi connectivity index (χ1n) is 5.35. The summed E-state index contributed by atoms with van der Waals surface area (Å²) in [6.07, 6.45) is 2.77. The Kier molecular flexibility index (Phi) is 3.18. The third kappa shape index (κ3) is 1.96. The normalized spacial score (nSPS) is 15.2. The predicted molar refractivity (Wildman–Crippen MR) is 58.3 cm³/mol. The smallest absolute Gasteiger partial charge is 0.0337 e. The zero-order chi connectivity index (χ0) is 10.0. The van der Waals surface area contributed by atoms with Crippen LogP contribution in [0.25, 0.3) is 0 Å². The molecule has 1 nitrogen and oxygen atoms in total. The molecule has 0 amide bonds. The molecular weight excluding hydrogens is 158 g/mol. The van der Waals surface area contributed by atoms with Crippen molar-refractivity contribution in [2.24, 2.45) is 0 Å². The summed E-state index contributed by atoms with van der Waals surface area (Å²) in [5.74, 6) is 0. The molecule has 0 N–H and O–H groups in total. The maximum Gasteiger partial charge on any atom is 0.0337 e. The molecule has 1 aliphatic rings. The van der Waals surface area contributed by atoms with Crippen LogP contribution in [0.1, 0.15) is 49.7 Å². The van der Waals surface area contributed by atoms with Gasteiger partial charge in [-0.2, -0.15) is 0 Å². The van der Waals surface area contributed by atoms with Crippen LogP contribution in [0.2, 0.25) is 0 Å². The molecule has 0 radical (unpaired) electrons. The van der Waals surface area contributed by atoms with E-state index in [2.05, 4.69) is 31.4 Å². The fourth-order valence-corrected chi connectivity index (χ4v) is 1.84. The number of hydrogen-bond acceptors (Lipinski definition) is 0. The lowest BCUT2D eigenvalue weighted by Gasteiger charge is -2.06. The molecule has 1 heterocycles. The highest BCUT2D eigenvalue weighted by Crippen LogP contribution is 2.38. The second-order valence-corrected chi connectivity index (χ2v) is 3.66.